The van der Waals surface area contributed by atoms with Gasteiger partial charge >= 0.3 is 5.97 Å². The molecular weight excluding hydrogens is 302 g/mol. The summed E-state index contributed by atoms with van der Waals surface area (Å²) in [6.07, 6.45) is 0. The minimum Gasteiger partial charge on any atom is -0.506 e. The van der Waals surface area contributed by atoms with E-state index in [9.17, 15) is 15.0 Å². The fraction of sp³-hybridized carbons (Fsp3) is 0.133. The smallest absolute Gasteiger partial charge is 0.346 e. The third kappa shape index (κ3) is 2.35. The van der Waals surface area contributed by atoms with E-state index in [0.29, 0.717) is 33.1 Å². The molecule has 0 spiro atoms. The number of aromatic nitrogens is 2. The molecule has 0 atom stereocenters. The Hall–Kier alpha value is -2.67. The number of thiophene rings is 1. The van der Waals surface area contributed by atoms with Gasteiger partial charge in [-0.05, 0) is 31.5 Å². The molecule has 0 amide bonds. The maximum Gasteiger partial charge on any atom is 0.346 e. The highest BCUT2D eigenvalue weighted by Gasteiger charge is 2.19. The van der Waals surface area contributed by atoms with Gasteiger partial charge in [0.25, 0.3) is 0 Å². The number of nitrogens with one attached hydrogen (secondary N) is 1. The van der Waals surface area contributed by atoms with E-state index in [1.165, 1.54) is 0 Å². The van der Waals surface area contributed by atoms with Crippen molar-refractivity contribution in [1.29, 1.82) is 0 Å². The third-order valence-corrected chi connectivity index (χ3v) is 4.43. The number of phenols is 1. The number of anilines is 2. The molecular formula is C15H13N3O3S. The van der Waals surface area contributed by atoms with Gasteiger partial charge in [-0.1, -0.05) is 12.1 Å². The quantitative estimate of drug-likeness (QED) is 0.641. The first-order valence-electron chi connectivity index (χ1n) is 6.53. The largest absolute Gasteiger partial charge is 0.506 e. The highest BCUT2D eigenvalue weighted by Crippen LogP contribution is 2.36. The number of hydrogen-bond donors (Lipinski definition) is 3. The van der Waals surface area contributed by atoms with Crippen LogP contribution in [0.2, 0.25) is 0 Å². The van der Waals surface area contributed by atoms with E-state index in [1.54, 1.807) is 38.1 Å². The zero-order valence-electron chi connectivity index (χ0n) is 11.9. The van der Waals surface area contributed by atoms with Gasteiger partial charge in [-0.15, -0.1) is 11.3 Å². The Bertz CT molecular complexity index is 889. The van der Waals surface area contributed by atoms with Crippen molar-refractivity contribution in [3.63, 3.8) is 0 Å². The number of aromatic carboxylic acids is 1. The molecule has 3 aromatic rings. The van der Waals surface area contributed by atoms with Crippen LogP contribution in [0.4, 0.5) is 11.5 Å². The number of aryl methyl sites for hydroxylation is 2. The van der Waals surface area contributed by atoms with E-state index >= 15 is 0 Å². The fourth-order valence-corrected chi connectivity index (χ4v) is 3.31. The molecule has 6 nitrogen and oxygen atoms in total. The molecule has 0 saturated carbocycles. The van der Waals surface area contributed by atoms with Gasteiger partial charge in [0, 0.05) is 0 Å². The molecule has 22 heavy (non-hydrogen) atoms. The highest BCUT2D eigenvalue weighted by atomic mass is 32.1. The van der Waals surface area contributed by atoms with Crippen LogP contribution in [-0.4, -0.2) is 26.2 Å². The number of benzene rings is 1. The lowest BCUT2D eigenvalue weighted by atomic mass is 10.2. The van der Waals surface area contributed by atoms with Gasteiger partial charge in [0.1, 0.15) is 27.1 Å². The van der Waals surface area contributed by atoms with Gasteiger partial charge in [-0.25, -0.2) is 14.8 Å². The zero-order valence-corrected chi connectivity index (χ0v) is 12.7. The van der Waals surface area contributed by atoms with Gasteiger partial charge in [-0.3, -0.25) is 0 Å². The number of rotatable bonds is 3. The number of carboxylic acid groups (broad SMARTS) is 1. The Morgan fingerprint density at radius 2 is 1.95 bits per heavy atom. The summed E-state index contributed by atoms with van der Waals surface area (Å²) < 4.78 is 0. The Balaban J connectivity index is 2.20. The molecule has 0 aliphatic heterocycles. The number of carboxylic acids is 1. The minimum absolute atomic E-state index is 0.0956. The number of nitrogens with zero attached hydrogens (tertiary/aromatic N) is 2. The van der Waals surface area contributed by atoms with Crippen molar-refractivity contribution in [3.05, 3.63) is 40.5 Å². The summed E-state index contributed by atoms with van der Waals surface area (Å²) in [6, 6.07) is 6.80. The van der Waals surface area contributed by atoms with Crippen LogP contribution in [0.3, 0.4) is 0 Å². The van der Waals surface area contributed by atoms with Crippen LogP contribution in [0.5, 0.6) is 5.75 Å². The number of fused-ring (bicyclic) bond motifs is 1. The summed E-state index contributed by atoms with van der Waals surface area (Å²) in [5, 5.41) is 22.9. The highest BCUT2D eigenvalue weighted by molar-refractivity contribution is 7.20. The van der Waals surface area contributed by atoms with Crippen molar-refractivity contribution >= 4 is 39.0 Å². The Labute approximate surface area is 130 Å². The number of phenolic OH excluding ortho intramolecular Hbond substituents is 1. The van der Waals surface area contributed by atoms with E-state index in [0.717, 1.165) is 11.3 Å². The van der Waals surface area contributed by atoms with E-state index in [2.05, 4.69) is 15.3 Å². The van der Waals surface area contributed by atoms with Gasteiger partial charge in [0.2, 0.25) is 0 Å². The van der Waals surface area contributed by atoms with Crippen LogP contribution < -0.4 is 5.32 Å². The summed E-state index contributed by atoms with van der Waals surface area (Å²) >= 11 is 1.12. The number of para-hydroxylation sites is 2. The first-order chi connectivity index (χ1) is 10.5. The molecule has 0 fully saturated rings. The van der Waals surface area contributed by atoms with Crippen molar-refractivity contribution in [3.8, 4) is 5.75 Å². The topological polar surface area (TPSA) is 95.3 Å². The normalized spacial score (nSPS) is 10.8. The standard InChI is InChI=1S/C15H13N3O3S/c1-7-11-13(18-9-5-3-4-6-10(9)19)16-8(2)17-14(11)22-12(7)15(20)21/h3-6,19H,1-2H3,(H,20,21)(H,16,17,18). The second kappa shape index (κ2) is 5.27. The van der Waals surface area contributed by atoms with Crippen LogP contribution in [0.15, 0.2) is 24.3 Å². The third-order valence-electron chi connectivity index (χ3n) is 3.25. The van der Waals surface area contributed by atoms with Crippen LogP contribution in [0.1, 0.15) is 21.1 Å². The van der Waals surface area contributed by atoms with Crippen LogP contribution in [0, 0.1) is 13.8 Å². The Morgan fingerprint density at radius 3 is 2.64 bits per heavy atom. The molecule has 2 heterocycles. The van der Waals surface area contributed by atoms with Crippen molar-refractivity contribution in [2.75, 3.05) is 5.32 Å². The second-order valence-electron chi connectivity index (χ2n) is 4.80. The average Bonchev–Trinajstić information content (AvgIpc) is 2.78. The van der Waals surface area contributed by atoms with Crippen LogP contribution >= 0.6 is 11.3 Å². The maximum atomic E-state index is 11.3. The Kier molecular flexibility index (Phi) is 3.42. The summed E-state index contributed by atoms with van der Waals surface area (Å²) in [4.78, 5) is 20.8. The summed E-state index contributed by atoms with van der Waals surface area (Å²) in [5.74, 6) is 0.138. The Morgan fingerprint density at radius 1 is 1.23 bits per heavy atom. The molecule has 0 bridgehead atoms. The van der Waals surface area contributed by atoms with E-state index in [1.807, 2.05) is 0 Å². The molecule has 7 heteroatoms. The first kappa shape index (κ1) is 14.3. The molecule has 0 aliphatic rings. The van der Waals surface area contributed by atoms with Crippen LogP contribution in [0.25, 0.3) is 10.2 Å². The monoisotopic (exact) mass is 315 g/mol. The van der Waals surface area contributed by atoms with Crippen molar-refractivity contribution in [1.82, 2.24) is 9.97 Å². The lowest BCUT2D eigenvalue weighted by Gasteiger charge is -2.09. The number of hydrogen-bond acceptors (Lipinski definition) is 6. The van der Waals surface area contributed by atoms with Gasteiger partial charge in [-0.2, -0.15) is 0 Å². The molecule has 3 N–H and O–H groups in total. The fourth-order valence-electron chi connectivity index (χ4n) is 2.25. The minimum atomic E-state index is -0.980. The predicted octanol–water partition coefficient (Wildman–Crippen LogP) is 3.46. The zero-order chi connectivity index (χ0) is 15.9. The van der Waals surface area contributed by atoms with Crippen molar-refractivity contribution in [2.24, 2.45) is 0 Å². The maximum absolute atomic E-state index is 11.3. The number of aromatic hydroxyl groups is 1. The first-order valence-corrected chi connectivity index (χ1v) is 7.35. The molecule has 0 unspecified atom stereocenters. The van der Waals surface area contributed by atoms with Gasteiger partial charge in [0.05, 0.1) is 11.1 Å². The second-order valence-corrected chi connectivity index (χ2v) is 5.80. The molecule has 0 saturated heterocycles. The summed E-state index contributed by atoms with van der Waals surface area (Å²) in [6.45, 7) is 3.47. The van der Waals surface area contributed by atoms with Crippen molar-refractivity contribution < 1.29 is 15.0 Å². The van der Waals surface area contributed by atoms with Crippen LogP contribution in [-0.2, 0) is 0 Å². The SMILES string of the molecule is Cc1nc(Nc2ccccc2O)c2c(C)c(C(=O)O)sc2n1. The molecule has 0 radical (unpaired) electrons. The molecule has 3 rings (SSSR count). The lowest BCUT2D eigenvalue weighted by molar-refractivity contribution is 0.0701. The van der Waals surface area contributed by atoms with Gasteiger partial charge < -0.3 is 15.5 Å². The molecule has 0 aliphatic carbocycles. The molecule has 112 valence electrons. The predicted molar refractivity (Wildman–Crippen MR) is 85.2 cm³/mol. The van der Waals surface area contributed by atoms with Crippen molar-refractivity contribution in [2.45, 2.75) is 13.8 Å². The lowest BCUT2D eigenvalue weighted by Crippen LogP contribution is -1.99. The summed E-state index contributed by atoms with van der Waals surface area (Å²) in [7, 11) is 0. The van der Waals surface area contributed by atoms with Gasteiger partial charge in [0.15, 0.2) is 0 Å². The van der Waals surface area contributed by atoms with E-state index < -0.39 is 5.97 Å². The molecule has 2 aromatic heterocycles. The summed E-state index contributed by atoms with van der Waals surface area (Å²) in [5.41, 5.74) is 1.12. The van der Waals surface area contributed by atoms with E-state index in [-0.39, 0.29) is 10.6 Å². The molecule has 1 aromatic carbocycles. The average molecular weight is 315 g/mol. The van der Waals surface area contributed by atoms with E-state index in [4.69, 9.17) is 0 Å². The number of carbonyl (C=O) groups is 1.